The highest BCUT2D eigenvalue weighted by Crippen LogP contribution is 2.30. The number of aromatic carboxylic acids is 1. The van der Waals surface area contributed by atoms with Gasteiger partial charge in [0.1, 0.15) is 5.69 Å². The van der Waals surface area contributed by atoms with E-state index in [1.165, 1.54) is 0 Å². The second-order valence-corrected chi connectivity index (χ2v) is 5.17. The van der Waals surface area contributed by atoms with Gasteiger partial charge in [0, 0.05) is 11.8 Å². The van der Waals surface area contributed by atoms with E-state index < -0.39 is 5.97 Å². The zero-order chi connectivity index (χ0) is 15.6. The zero-order valence-corrected chi connectivity index (χ0v) is 12.6. The van der Waals surface area contributed by atoms with E-state index in [0.717, 1.165) is 10.9 Å². The molecule has 2 aromatic rings. The van der Waals surface area contributed by atoms with Crippen LogP contribution in [0.4, 0.5) is 0 Å². The van der Waals surface area contributed by atoms with Crippen molar-refractivity contribution < 1.29 is 19.4 Å². The highest BCUT2D eigenvalue weighted by Gasteiger charge is 2.19. The van der Waals surface area contributed by atoms with E-state index in [1.54, 1.807) is 13.0 Å². The Morgan fingerprint density at radius 3 is 2.71 bits per heavy atom. The molecule has 2 N–H and O–H groups in total. The fourth-order valence-corrected chi connectivity index (χ4v) is 2.67. The van der Waals surface area contributed by atoms with Crippen molar-refractivity contribution in [1.29, 1.82) is 0 Å². The number of hydrogen-bond acceptors (Lipinski definition) is 3. The van der Waals surface area contributed by atoms with Gasteiger partial charge in [0.05, 0.1) is 17.1 Å². The molecule has 0 saturated carbocycles. The summed E-state index contributed by atoms with van der Waals surface area (Å²) in [5.74, 6) is -1.42. The van der Waals surface area contributed by atoms with Crippen LogP contribution >= 0.6 is 11.6 Å². The third-order valence-corrected chi connectivity index (χ3v) is 3.51. The molecule has 112 valence electrons. The first kappa shape index (κ1) is 15.4. The minimum absolute atomic E-state index is 0.0711. The van der Waals surface area contributed by atoms with Crippen LogP contribution in [0.1, 0.15) is 35.0 Å². The van der Waals surface area contributed by atoms with Crippen molar-refractivity contribution in [3.05, 3.63) is 34.0 Å². The average Bonchev–Trinajstić information content (AvgIpc) is 2.76. The van der Waals surface area contributed by atoms with Crippen molar-refractivity contribution in [2.45, 2.75) is 26.7 Å². The van der Waals surface area contributed by atoms with Gasteiger partial charge in [-0.05, 0) is 43.5 Å². The number of carbonyl (C=O) groups excluding carboxylic acids is 1. The number of fused-ring (bicyclic) bond motifs is 1. The van der Waals surface area contributed by atoms with Crippen LogP contribution in [0.15, 0.2) is 12.1 Å². The van der Waals surface area contributed by atoms with E-state index in [0.29, 0.717) is 29.1 Å². The van der Waals surface area contributed by atoms with Gasteiger partial charge < -0.3 is 14.8 Å². The zero-order valence-electron chi connectivity index (χ0n) is 11.8. The summed E-state index contributed by atoms with van der Waals surface area (Å²) >= 11 is 6.15. The summed E-state index contributed by atoms with van der Waals surface area (Å²) < 4.78 is 4.88. The molecule has 21 heavy (non-hydrogen) atoms. The summed E-state index contributed by atoms with van der Waals surface area (Å²) in [6.45, 7) is 3.92. The Balaban J connectivity index is 2.46. The summed E-state index contributed by atoms with van der Waals surface area (Å²) in [7, 11) is 0. The Morgan fingerprint density at radius 2 is 2.10 bits per heavy atom. The predicted molar refractivity (Wildman–Crippen MR) is 80.0 cm³/mol. The number of halogens is 1. The lowest BCUT2D eigenvalue weighted by Gasteiger charge is -2.03. The van der Waals surface area contributed by atoms with Gasteiger partial charge in [-0.25, -0.2) is 4.79 Å². The number of esters is 1. The highest BCUT2D eigenvalue weighted by atomic mass is 35.5. The standard InChI is InChI=1S/C15H16ClNO4/c1-3-21-12(18)5-4-9-10-6-8(2)7-11(16)13(10)17-14(9)15(19)20/h6-7,17H,3-5H2,1-2H3,(H,19,20). The number of carboxylic acids is 1. The van der Waals surface area contributed by atoms with E-state index in [-0.39, 0.29) is 18.1 Å². The molecule has 1 aromatic heterocycles. The molecule has 0 radical (unpaired) electrons. The van der Waals surface area contributed by atoms with Crippen LogP contribution in [0.25, 0.3) is 10.9 Å². The molecule has 0 amide bonds. The van der Waals surface area contributed by atoms with Gasteiger partial charge in [-0.3, -0.25) is 4.79 Å². The second kappa shape index (κ2) is 6.18. The van der Waals surface area contributed by atoms with Crippen LogP contribution in [-0.2, 0) is 16.0 Å². The van der Waals surface area contributed by atoms with E-state index >= 15 is 0 Å². The minimum atomic E-state index is -1.07. The molecule has 5 nitrogen and oxygen atoms in total. The molecule has 2 rings (SSSR count). The maximum Gasteiger partial charge on any atom is 0.352 e. The number of aromatic amines is 1. The largest absolute Gasteiger partial charge is 0.477 e. The molecule has 0 aliphatic carbocycles. The number of carboxylic acid groups (broad SMARTS) is 1. The Morgan fingerprint density at radius 1 is 1.38 bits per heavy atom. The molecule has 0 spiro atoms. The van der Waals surface area contributed by atoms with Crippen molar-refractivity contribution >= 4 is 34.4 Å². The molecule has 0 aliphatic heterocycles. The summed E-state index contributed by atoms with van der Waals surface area (Å²) in [6.07, 6.45) is 0.423. The predicted octanol–water partition coefficient (Wildman–Crippen LogP) is 3.32. The third kappa shape index (κ3) is 3.19. The van der Waals surface area contributed by atoms with Gasteiger partial charge >= 0.3 is 11.9 Å². The molecule has 1 heterocycles. The fraction of sp³-hybridized carbons (Fsp3) is 0.333. The van der Waals surface area contributed by atoms with Crippen molar-refractivity contribution in [3.63, 3.8) is 0 Å². The van der Waals surface area contributed by atoms with E-state index in [4.69, 9.17) is 16.3 Å². The Bertz CT molecular complexity index is 705. The first-order valence-corrected chi connectivity index (χ1v) is 7.01. The SMILES string of the molecule is CCOC(=O)CCc1c(C(=O)O)[nH]c2c(Cl)cc(C)cc12. The normalized spacial score (nSPS) is 10.8. The summed E-state index contributed by atoms with van der Waals surface area (Å²) in [5.41, 5.74) is 2.16. The maximum absolute atomic E-state index is 11.5. The van der Waals surface area contributed by atoms with Gasteiger partial charge in [-0.1, -0.05) is 11.6 Å². The van der Waals surface area contributed by atoms with Crippen molar-refractivity contribution in [2.75, 3.05) is 6.61 Å². The Labute approximate surface area is 126 Å². The summed E-state index contributed by atoms with van der Waals surface area (Å²) in [4.78, 5) is 25.7. The van der Waals surface area contributed by atoms with Crippen LogP contribution in [0.2, 0.25) is 5.02 Å². The molecule has 0 saturated heterocycles. The average molecular weight is 310 g/mol. The van der Waals surface area contributed by atoms with E-state index in [2.05, 4.69) is 4.98 Å². The van der Waals surface area contributed by atoms with Crippen LogP contribution < -0.4 is 0 Å². The summed E-state index contributed by atoms with van der Waals surface area (Å²) in [5, 5.41) is 10.5. The van der Waals surface area contributed by atoms with Crippen molar-refractivity contribution in [3.8, 4) is 0 Å². The number of aromatic nitrogens is 1. The molecule has 0 aliphatic rings. The quantitative estimate of drug-likeness (QED) is 0.830. The van der Waals surface area contributed by atoms with Crippen LogP contribution in [0, 0.1) is 6.92 Å². The number of carbonyl (C=O) groups is 2. The molecule has 1 aromatic carbocycles. The third-order valence-electron chi connectivity index (χ3n) is 3.21. The number of hydrogen-bond donors (Lipinski definition) is 2. The lowest BCUT2D eigenvalue weighted by Crippen LogP contribution is -2.07. The van der Waals surface area contributed by atoms with Crippen LogP contribution in [-0.4, -0.2) is 28.6 Å². The minimum Gasteiger partial charge on any atom is -0.477 e. The van der Waals surface area contributed by atoms with Crippen LogP contribution in [0.5, 0.6) is 0 Å². The van der Waals surface area contributed by atoms with Gasteiger partial charge in [-0.15, -0.1) is 0 Å². The molecule has 0 atom stereocenters. The van der Waals surface area contributed by atoms with Crippen molar-refractivity contribution in [2.24, 2.45) is 0 Å². The van der Waals surface area contributed by atoms with E-state index in [1.807, 2.05) is 13.0 Å². The molecule has 6 heteroatoms. The first-order valence-electron chi connectivity index (χ1n) is 6.63. The molecular weight excluding hydrogens is 294 g/mol. The van der Waals surface area contributed by atoms with Gasteiger partial charge in [0.15, 0.2) is 0 Å². The molecule has 0 unspecified atom stereocenters. The molecule has 0 bridgehead atoms. The highest BCUT2D eigenvalue weighted by molar-refractivity contribution is 6.35. The maximum atomic E-state index is 11.5. The van der Waals surface area contributed by atoms with Gasteiger partial charge in [-0.2, -0.15) is 0 Å². The molecular formula is C15H16ClNO4. The number of H-pyrrole nitrogens is 1. The Hall–Kier alpha value is -2.01. The van der Waals surface area contributed by atoms with E-state index in [9.17, 15) is 14.7 Å². The van der Waals surface area contributed by atoms with Crippen LogP contribution in [0.3, 0.4) is 0 Å². The van der Waals surface area contributed by atoms with Gasteiger partial charge in [0.2, 0.25) is 0 Å². The first-order chi connectivity index (χ1) is 9.93. The van der Waals surface area contributed by atoms with Crippen molar-refractivity contribution in [1.82, 2.24) is 4.98 Å². The monoisotopic (exact) mass is 309 g/mol. The number of nitrogens with one attached hydrogen (secondary N) is 1. The fourth-order valence-electron chi connectivity index (χ4n) is 2.34. The second-order valence-electron chi connectivity index (χ2n) is 4.76. The number of aryl methyl sites for hydroxylation is 2. The number of rotatable bonds is 5. The summed E-state index contributed by atoms with van der Waals surface area (Å²) in [6, 6.07) is 3.63. The number of ether oxygens (including phenoxy) is 1. The lowest BCUT2D eigenvalue weighted by molar-refractivity contribution is -0.143. The smallest absolute Gasteiger partial charge is 0.352 e. The lowest BCUT2D eigenvalue weighted by atomic mass is 10.0. The topological polar surface area (TPSA) is 79.4 Å². The Kier molecular flexibility index (Phi) is 4.53. The van der Waals surface area contributed by atoms with Gasteiger partial charge in [0.25, 0.3) is 0 Å². The molecule has 0 fully saturated rings. The number of benzene rings is 1.